The number of benzene rings is 1. The molecule has 0 unspecified atom stereocenters. The Morgan fingerprint density at radius 2 is 2.06 bits per heavy atom. The molecule has 4 heteroatoms. The third kappa shape index (κ3) is 5.30. The molecule has 2 aromatic rings. The van der Waals surface area contributed by atoms with Crippen LogP contribution in [0.3, 0.4) is 0 Å². The molecule has 0 aliphatic rings. The molecule has 18 heavy (non-hydrogen) atoms. The minimum absolute atomic E-state index is 0.331. The largest absolute Gasteiger partial charge is 0.478 e. The van der Waals surface area contributed by atoms with Crippen LogP contribution in [0, 0.1) is 0 Å². The maximum Gasteiger partial charge on any atom is 0.335 e. The van der Waals surface area contributed by atoms with Crippen LogP contribution in [0.1, 0.15) is 30.1 Å². The summed E-state index contributed by atoms with van der Waals surface area (Å²) in [5, 5.41) is 8.38. The Balaban J connectivity index is 0.000000180. The second-order valence-corrected chi connectivity index (χ2v) is 3.83. The smallest absolute Gasteiger partial charge is 0.335 e. The third-order valence-corrected chi connectivity index (χ3v) is 2.35. The lowest BCUT2D eigenvalue weighted by atomic mass is 10.2. The van der Waals surface area contributed by atoms with Crippen molar-refractivity contribution in [2.24, 2.45) is 0 Å². The van der Waals surface area contributed by atoms with Crippen molar-refractivity contribution in [2.45, 2.75) is 26.3 Å². The zero-order valence-electron chi connectivity index (χ0n) is 10.5. The fraction of sp³-hybridized carbons (Fsp3) is 0.286. The third-order valence-electron chi connectivity index (χ3n) is 2.35. The van der Waals surface area contributed by atoms with Gasteiger partial charge in [0, 0.05) is 18.9 Å². The number of carboxylic acids is 1. The zero-order chi connectivity index (χ0) is 13.2. The number of carbonyl (C=O) groups is 1. The molecular formula is C14H18N2O2. The molecule has 0 atom stereocenters. The second-order valence-electron chi connectivity index (χ2n) is 3.83. The Labute approximate surface area is 107 Å². The van der Waals surface area contributed by atoms with E-state index in [2.05, 4.69) is 16.5 Å². The molecule has 1 heterocycles. The Bertz CT molecular complexity index is 438. The van der Waals surface area contributed by atoms with E-state index in [1.165, 1.54) is 12.8 Å². The second kappa shape index (κ2) is 8.06. The first kappa shape index (κ1) is 14.0. The predicted octanol–water partition coefficient (Wildman–Crippen LogP) is 3.07. The Morgan fingerprint density at radius 3 is 2.50 bits per heavy atom. The highest BCUT2D eigenvalue weighted by Gasteiger charge is 1.96. The normalized spacial score (nSPS) is 9.39. The molecule has 0 radical (unpaired) electrons. The monoisotopic (exact) mass is 246 g/mol. The van der Waals surface area contributed by atoms with Crippen molar-refractivity contribution in [3.63, 3.8) is 0 Å². The van der Waals surface area contributed by atoms with Gasteiger partial charge < -0.3 is 9.67 Å². The molecule has 0 saturated carbocycles. The predicted molar refractivity (Wildman–Crippen MR) is 70.5 cm³/mol. The van der Waals surface area contributed by atoms with Crippen LogP contribution in [-0.4, -0.2) is 20.6 Å². The highest BCUT2D eigenvalue weighted by Crippen LogP contribution is 1.96. The van der Waals surface area contributed by atoms with E-state index in [1.807, 2.05) is 18.7 Å². The number of rotatable bonds is 4. The first-order valence-electron chi connectivity index (χ1n) is 5.98. The van der Waals surface area contributed by atoms with E-state index in [-0.39, 0.29) is 0 Å². The van der Waals surface area contributed by atoms with E-state index in [0.29, 0.717) is 5.56 Å². The lowest BCUT2D eigenvalue weighted by molar-refractivity contribution is 0.0697. The van der Waals surface area contributed by atoms with Crippen molar-refractivity contribution < 1.29 is 9.90 Å². The Kier molecular flexibility index (Phi) is 6.25. The number of carboxylic acid groups (broad SMARTS) is 1. The van der Waals surface area contributed by atoms with Crippen LogP contribution in [0.15, 0.2) is 49.1 Å². The SMILES string of the molecule is CCCCn1ccnc1.O=C(O)c1ccccc1. The van der Waals surface area contributed by atoms with Gasteiger partial charge in [-0.2, -0.15) is 0 Å². The molecular weight excluding hydrogens is 228 g/mol. The first-order valence-corrected chi connectivity index (χ1v) is 5.98. The van der Waals surface area contributed by atoms with Crippen LogP contribution in [0.5, 0.6) is 0 Å². The van der Waals surface area contributed by atoms with Crippen molar-refractivity contribution in [3.05, 3.63) is 54.6 Å². The van der Waals surface area contributed by atoms with Gasteiger partial charge in [-0.1, -0.05) is 31.5 Å². The number of nitrogens with zero attached hydrogens (tertiary/aromatic N) is 2. The van der Waals surface area contributed by atoms with Gasteiger partial charge in [0.2, 0.25) is 0 Å². The minimum atomic E-state index is -0.879. The minimum Gasteiger partial charge on any atom is -0.478 e. The lowest BCUT2D eigenvalue weighted by Crippen LogP contribution is -1.93. The van der Waals surface area contributed by atoms with Gasteiger partial charge in [-0.3, -0.25) is 0 Å². The molecule has 0 aliphatic carbocycles. The average Bonchev–Trinajstić information content (AvgIpc) is 2.91. The average molecular weight is 246 g/mol. The van der Waals surface area contributed by atoms with Crippen molar-refractivity contribution in [3.8, 4) is 0 Å². The zero-order valence-corrected chi connectivity index (χ0v) is 10.5. The summed E-state index contributed by atoms with van der Waals surface area (Å²) < 4.78 is 2.10. The molecule has 0 amide bonds. The number of hydrogen-bond donors (Lipinski definition) is 1. The number of aromatic carboxylic acids is 1. The van der Waals surface area contributed by atoms with Crippen molar-refractivity contribution in [1.29, 1.82) is 0 Å². The molecule has 0 aliphatic heterocycles. The van der Waals surface area contributed by atoms with Gasteiger partial charge in [0.05, 0.1) is 11.9 Å². The number of aryl methyl sites for hydroxylation is 1. The summed E-state index contributed by atoms with van der Waals surface area (Å²) in [6, 6.07) is 8.30. The fourth-order valence-electron chi connectivity index (χ4n) is 1.34. The molecule has 1 aromatic carbocycles. The van der Waals surface area contributed by atoms with E-state index < -0.39 is 5.97 Å². The van der Waals surface area contributed by atoms with Crippen LogP contribution in [0.4, 0.5) is 0 Å². The van der Waals surface area contributed by atoms with E-state index in [0.717, 1.165) is 6.54 Å². The summed E-state index contributed by atoms with van der Waals surface area (Å²) in [4.78, 5) is 14.1. The van der Waals surface area contributed by atoms with E-state index >= 15 is 0 Å². The summed E-state index contributed by atoms with van der Waals surface area (Å²) in [5.74, 6) is -0.879. The molecule has 0 fully saturated rings. The van der Waals surface area contributed by atoms with Crippen LogP contribution < -0.4 is 0 Å². The van der Waals surface area contributed by atoms with E-state index in [1.54, 1.807) is 30.3 Å². The number of imidazole rings is 1. The van der Waals surface area contributed by atoms with Gasteiger partial charge in [-0.15, -0.1) is 0 Å². The summed E-state index contributed by atoms with van der Waals surface area (Å²) in [6.45, 7) is 3.30. The van der Waals surface area contributed by atoms with Crippen LogP contribution in [0.2, 0.25) is 0 Å². The molecule has 1 N–H and O–H groups in total. The Morgan fingerprint density at radius 1 is 1.33 bits per heavy atom. The lowest BCUT2D eigenvalue weighted by Gasteiger charge is -1.96. The van der Waals surface area contributed by atoms with E-state index in [9.17, 15) is 4.79 Å². The molecule has 96 valence electrons. The molecule has 0 saturated heterocycles. The topological polar surface area (TPSA) is 55.1 Å². The van der Waals surface area contributed by atoms with Gasteiger partial charge in [-0.25, -0.2) is 9.78 Å². The number of aromatic nitrogens is 2. The maximum atomic E-state index is 10.2. The summed E-state index contributed by atoms with van der Waals surface area (Å²) in [7, 11) is 0. The summed E-state index contributed by atoms with van der Waals surface area (Å²) >= 11 is 0. The fourth-order valence-corrected chi connectivity index (χ4v) is 1.34. The molecule has 4 nitrogen and oxygen atoms in total. The van der Waals surface area contributed by atoms with Crippen molar-refractivity contribution in [2.75, 3.05) is 0 Å². The van der Waals surface area contributed by atoms with Gasteiger partial charge >= 0.3 is 5.97 Å². The number of unbranched alkanes of at least 4 members (excludes halogenated alkanes) is 1. The van der Waals surface area contributed by atoms with E-state index in [4.69, 9.17) is 5.11 Å². The van der Waals surface area contributed by atoms with Gasteiger partial charge in [0.1, 0.15) is 0 Å². The summed E-state index contributed by atoms with van der Waals surface area (Å²) in [5.41, 5.74) is 0.331. The van der Waals surface area contributed by atoms with Gasteiger partial charge in [0.15, 0.2) is 0 Å². The quantitative estimate of drug-likeness (QED) is 0.902. The van der Waals surface area contributed by atoms with Gasteiger partial charge in [-0.05, 0) is 18.6 Å². The van der Waals surface area contributed by atoms with Gasteiger partial charge in [0.25, 0.3) is 0 Å². The molecule has 0 spiro atoms. The summed E-state index contributed by atoms with van der Waals surface area (Å²) in [6.07, 6.45) is 8.16. The van der Waals surface area contributed by atoms with Crippen LogP contribution in [0.25, 0.3) is 0 Å². The van der Waals surface area contributed by atoms with Crippen LogP contribution in [-0.2, 0) is 6.54 Å². The standard InChI is InChI=1S/C7H12N2.C7H6O2/c1-2-3-5-9-6-4-8-7-9;8-7(9)6-4-2-1-3-5-6/h4,6-7H,2-3,5H2,1H3;1-5H,(H,8,9). The van der Waals surface area contributed by atoms with Crippen molar-refractivity contribution >= 4 is 5.97 Å². The molecule has 1 aromatic heterocycles. The highest BCUT2D eigenvalue weighted by atomic mass is 16.4. The van der Waals surface area contributed by atoms with Crippen LogP contribution >= 0.6 is 0 Å². The first-order chi connectivity index (χ1) is 8.74. The number of hydrogen-bond acceptors (Lipinski definition) is 2. The highest BCUT2D eigenvalue weighted by molar-refractivity contribution is 5.87. The Hall–Kier alpha value is -2.10. The molecule has 2 rings (SSSR count). The molecule has 0 bridgehead atoms. The maximum absolute atomic E-state index is 10.2. The van der Waals surface area contributed by atoms with Crippen molar-refractivity contribution in [1.82, 2.24) is 9.55 Å².